The lowest BCUT2D eigenvalue weighted by Gasteiger charge is -2.04. The van der Waals surface area contributed by atoms with Crippen molar-refractivity contribution in [2.24, 2.45) is 0 Å². The lowest BCUT2D eigenvalue weighted by molar-refractivity contribution is -0.136. The first-order valence-corrected chi connectivity index (χ1v) is 4.88. The zero-order valence-corrected chi connectivity index (χ0v) is 9.08. The molecule has 0 aliphatic heterocycles. The maximum absolute atomic E-state index is 11.9. The topological polar surface area (TPSA) is 80.9 Å². The number of carboxylic acids is 1. The molecule has 0 unspecified atom stereocenters. The van der Waals surface area contributed by atoms with E-state index in [1.54, 1.807) is 12.1 Å². The normalized spacial score (nSPS) is 10.4. The molecule has 6 heteroatoms. The molecule has 0 atom stereocenters. The summed E-state index contributed by atoms with van der Waals surface area (Å²) in [5.41, 5.74) is 0.198. The number of carboxylic acid groups (broad SMARTS) is 1. The molecule has 2 heterocycles. The fourth-order valence-electron chi connectivity index (χ4n) is 1.51. The number of methoxy groups -OCH3 is 1. The molecular formula is C11H10N2O4. The standard InChI is InChI=1S/C11H10N2O4/c1-17-8-2-3-13-9(5-8)12-6-7(11(13)16)4-10(14)15/h2-3,5-6H,4H2,1H3,(H,14,15). The van der Waals surface area contributed by atoms with E-state index in [4.69, 9.17) is 9.84 Å². The maximum atomic E-state index is 11.9. The average Bonchev–Trinajstić information content (AvgIpc) is 2.32. The zero-order chi connectivity index (χ0) is 12.4. The van der Waals surface area contributed by atoms with Crippen molar-refractivity contribution >= 4 is 11.6 Å². The summed E-state index contributed by atoms with van der Waals surface area (Å²) in [6.07, 6.45) is 2.46. The summed E-state index contributed by atoms with van der Waals surface area (Å²) >= 11 is 0. The Morgan fingerprint density at radius 2 is 2.35 bits per heavy atom. The van der Waals surface area contributed by atoms with Gasteiger partial charge in [0.2, 0.25) is 0 Å². The minimum absolute atomic E-state index is 0.153. The number of rotatable bonds is 3. The number of aromatic nitrogens is 2. The monoisotopic (exact) mass is 234 g/mol. The second-order valence-corrected chi connectivity index (χ2v) is 3.45. The molecule has 2 aromatic heterocycles. The van der Waals surface area contributed by atoms with Gasteiger partial charge in [0.15, 0.2) is 0 Å². The highest BCUT2D eigenvalue weighted by Gasteiger charge is 2.08. The van der Waals surface area contributed by atoms with E-state index in [0.29, 0.717) is 11.4 Å². The number of hydrogen-bond acceptors (Lipinski definition) is 4. The fourth-order valence-corrected chi connectivity index (χ4v) is 1.51. The van der Waals surface area contributed by atoms with Gasteiger partial charge in [0.05, 0.1) is 13.5 Å². The molecule has 2 rings (SSSR count). The van der Waals surface area contributed by atoms with Crippen LogP contribution in [0.25, 0.3) is 5.65 Å². The van der Waals surface area contributed by atoms with Crippen LogP contribution in [0.4, 0.5) is 0 Å². The van der Waals surface area contributed by atoms with Crippen molar-refractivity contribution in [1.82, 2.24) is 9.38 Å². The van der Waals surface area contributed by atoms with E-state index >= 15 is 0 Å². The van der Waals surface area contributed by atoms with Crippen molar-refractivity contribution in [3.05, 3.63) is 40.4 Å². The Kier molecular flexibility index (Phi) is 2.78. The molecule has 0 radical (unpaired) electrons. The van der Waals surface area contributed by atoms with Gasteiger partial charge in [0.1, 0.15) is 11.4 Å². The van der Waals surface area contributed by atoms with Crippen LogP contribution in [0.3, 0.4) is 0 Å². The van der Waals surface area contributed by atoms with Gasteiger partial charge in [-0.2, -0.15) is 0 Å². The Hall–Kier alpha value is -2.37. The first-order valence-electron chi connectivity index (χ1n) is 4.88. The summed E-state index contributed by atoms with van der Waals surface area (Å²) in [5, 5.41) is 8.65. The second-order valence-electron chi connectivity index (χ2n) is 3.45. The van der Waals surface area contributed by atoms with E-state index < -0.39 is 5.97 Å². The molecule has 6 nitrogen and oxygen atoms in total. The van der Waals surface area contributed by atoms with Crippen molar-refractivity contribution in [3.8, 4) is 5.75 Å². The Bertz CT molecular complexity index is 633. The van der Waals surface area contributed by atoms with E-state index in [-0.39, 0.29) is 17.5 Å². The van der Waals surface area contributed by atoms with Crippen LogP contribution in [-0.2, 0) is 11.2 Å². The van der Waals surface area contributed by atoms with E-state index in [1.807, 2.05) is 0 Å². The molecule has 17 heavy (non-hydrogen) atoms. The Labute approximate surface area is 96.1 Å². The highest BCUT2D eigenvalue weighted by Crippen LogP contribution is 2.10. The number of ether oxygens (including phenoxy) is 1. The van der Waals surface area contributed by atoms with Gasteiger partial charge in [0, 0.05) is 24.0 Å². The molecule has 0 aliphatic carbocycles. The van der Waals surface area contributed by atoms with Crippen LogP contribution in [0.5, 0.6) is 5.75 Å². The second kappa shape index (κ2) is 4.25. The van der Waals surface area contributed by atoms with Crippen LogP contribution in [0.15, 0.2) is 29.3 Å². The number of pyridine rings is 1. The van der Waals surface area contributed by atoms with Crippen molar-refractivity contribution in [3.63, 3.8) is 0 Å². The first kappa shape index (κ1) is 11.1. The molecule has 0 aliphatic rings. The molecule has 0 aromatic carbocycles. The van der Waals surface area contributed by atoms with E-state index in [0.717, 1.165) is 0 Å². The molecule has 0 saturated carbocycles. The van der Waals surface area contributed by atoms with Crippen molar-refractivity contribution < 1.29 is 14.6 Å². The molecule has 1 N–H and O–H groups in total. The lowest BCUT2D eigenvalue weighted by atomic mass is 10.2. The summed E-state index contributed by atoms with van der Waals surface area (Å²) in [7, 11) is 1.52. The van der Waals surface area contributed by atoms with Crippen LogP contribution in [0, 0.1) is 0 Å². The van der Waals surface area contributed by atoms with Gasteiger partial charge < -0.3 is 9.84 Å². The van der Waals surface area contributed by atoms with E-state index in [1.165, 1.54) is 23.9 Å². The minimum Gasteiger partial charge on any atom is -0.497 e. The van der Waals surface area contributed by atoms with Gasteiger partial charge >= 0.3 is 5.97 Å². The number of hydrogen-bond donors (Lipinski definition) is 1. The summed E-state index contributed by atoms with van der Waals surface area (Å²) in [6.45, 7) is 0. The molecule has 2 aromatic rings. The smallest absolute Gasteiger partial charge is 0.308 e. The van der Waals surface area contributed by atoms with Crippen molar-refractivity contribution in [2.45, 2.75) is 6.42 Å². The van der Waals surface area contributed by atoms with Crippen LogP contribution >= 0.6 is 0 Å². The van der Waals surface area contributed by atoms with Gasteiger partial charge in [-0.15, -0.1) is 0 Å². The Balaban J connectivity index is 2.60. The summed E-state index contributed by atoms with van der Waals surface area (Å²) in [6, 6.07) is 3.21. The SMILES string of the molecule is COc1ccn2c(=O)c(CC(=O)O)cnc2c1. The van der Waals surface area contributed by atoms with Crippen LogP contribution in [0.2, 0.25) is 0 Å². The minimum atomic E-state index is -1.06. The lowest BCUT2D eigenvalue weighted by Crippen LogP contribution is -2.21. The summed E-state index contributed by atoms with van der Waals surface area (Å²) in [5.74, 6) is -0.472. The molecule has 0 saturated heterocycles. The van der Waals surface area contributed by atoms with Gasteiger partial charge in [0.25, 0.3) is 5.56 Å². The van der Waals surface area contributed by atoms with Crippen LogP contribution < -0.4 is 10.3 Å². The summed E-state index contributed by atoms with van der Waals surface area (Å²) in [4.78, 5) is 26.5. The Morgan fingerprint density at radius 3 is 3.00 bits per heavy atom. The average molecular weight is 234 g/mol. The quantitative estimate of drug-likeness (QED) is 0.827. The first-order chi connectivity index (χ1) is 8.11. The largest absolute Gasteiger partial charge is 0.497 e. The zero-order valence-electron chi connectivity index (χ0n) is 9.08. The van der Waals surface area contributed by atoms with Gasteiger partial charge in [-0.05, 0) is 6.07 Å². The highest BCUT2D eigenvalue weighted by molar-refractivity contribution is 5.70. The number of carbonyl (C=O) groups is 1. The van der Waals surface area contributed by atoms with Crippen molar-refractivity contribution in [1.29, 1.82) is 0 Å². The van der Waals surface area contributed by atoms with Crippen LogP contribution in [-0.4, -0.2) is 27.6 Å². The molecule has 88 valence electrons. The van der Waals surface area contributed by atoms with Crippen LogP contribution in [0.1, 0.15) is 5.56 Å². The van der Waals surface area contributed by atoms with E-state index in [2.05, 4.69) is 4.98 Å². The Morgan fingerprint density at radius 1 is 1.59 bits per heavy atom. The number of fused-ring (bicyclic) bond motifs is 1. The van der Waals surface area contributed by atoms with Gasteiger partial charge in [-0.1, -0.05) is 0 Å². The third-order valence-electron chi connectivity index (χ3n) is 2.33. The molecular weight excluding hydrogens is 224 g/mol. The third-order valence-corrected chi connectivity index (χ3v) is 2.33. The summed E-state index contributed by atoms with van der Waals surface area (Å²) < 4.78 is 6.30. The molecule has 0 bridgehead atoms. The fraction of sp³-hybridized carbons (Fsp3) is 0.182. The van der Waals surface area contributed by atoms with Gasteiger partial charge in [-0.25, -0.2) is 4.98 Å². The van der Waals surface area contributed by atoms with Crippen molar-refractivity contribution in [2.75, 3.05) is 7.11 Å². The third kappa shape index (κ3) is 2.10. The predicted octanol–water partition coefficient (Wildman–Crippen LogP) is 0.330. The van der Waals surface area contributed by atoms with Gasteiger partial charge in [-0.3, -0.25) is 14.0 Å². The maximum Gasteiger partial charge on any atom is 0.308 e. The number of aliphatic carboxylic acids is 1. The number of nitrogens with zero attached hydrogens (tertiary/aromatic N) is 2. The predicted molar refractivity (Wildman–Crippen MR) is 59.4 cm³/mol. The molecule has 0 fully saturated rings. The molecule has 0 spiro atoms. The molecule has 0 amide bonds. The highest BCUT2D eigenvalue weighted by atomic mass is 16.5. The van der Waals surface area contributed by atoms with E-state index in [9.17, 15) is 9.59 Å².